The van der Waals surface area contributed by atoms with Gasteiger partial charge in [-0.1, -0.05) is 11.6 Å². The Kier molecular flexibility index (Phi) is 2.65. The Bertz CT molecular complexity index is 309. The van der Waals surface area contributed by atoms with E-state index in [2.05, 4.69) is 4.98 Å². The van der Waals surface area contributed by atoms with Crippen molar-refractivity contribution in [3.05, 3.63) is 28.5 Å². The zero-order chi connectivity index (χ0) is 9.14. The molecular formula is C8H10ClN3. The van der Waals surface area contributed by atoms with E-state index in [0.29, 0.717) is 11.4 Å². The number of hydrogen-bond acceptors (Lipinski definition) is 2. The molecule has 1 aromatic heterocycles. The second-order valence-electron chi connectivity index (χ2n) is 2.61. The number of rotatable bonds is 2. The molecule has 1 rings (SSSR count). The van der Waals surface area contributed by atoms with Crippen LogP contribution in [0.15, 0.2) is 12.3 Å². The fourth-order valence-electron chi connectivity index (χ4n) is 0.862. The van der Waals surface area contributed by atoms with Gasteiger partial charge in [0.25, 0.3) is 0 Å². The highest BCUT2D eigenvalue weighted by Gasteiger charge is 1.99. The Morgan fingerprint density at radius 3 is 2.92 bits per heavy atom. The van der Waals surface area contributed by atoms with E-state index in [9.17, 15) is 0 Å². The zero-order valence-electron chi connectivity index (χ0n) is 6.76. The molecule has 0 aromatic carbocycles. The predicted molar refractivity (Wildman–Crippen MR) is 49.6 cm³/mol. The third-order valence-corrected chi connectivity index (χ3v) is 1.86. The molecule has 12 heavy (non-hydrogen) atoms. The van der Waals surface area contributed by atoms with Crippen LogP contribution in [-0.2, 0) is 6.42 Å². The standard InChI is InChI=1S/C8H10ClN3/c1-5-7(9)2-6(4-12-5)3-8(10)11/h2,4H,3H2,1H3,(H3,10,11). The summed E-state index contributed by atoms with van der Waals surface area (Å²) >= 11 is 5.82. The molecule has 0 spiro atoms. The topological polar surface area (TPSA) is 62.8 Å². The Morgan fingerprint density at radius 1 is 1.75 bits per heavy atom. The first-order valence-electron chi connectivity index (χ1n) is 3.53. The summed E-state index contributed by atoms with van der Waals surface area (Å²) in [5, 5.41) is 7.68. The minimum atomic E-state index is 0.122. The maximum absolute atomic E-state index is 7.06. The van der Waals surface area contributed by atoms with Gasteiger partial charge in [0.15, 0.2) is 0 Å². The number of nitrogens with two attached hydrogens (primary N) is 1. The smallest absolute Gasteiger partial charge is 0.0950 e. The van der Waals surface area contributed by atoms with Crippen molar-refractivity contribution in [2.45, 2.75) is 13.3 Å². The number of nitrogens with one attached hydrogen (secondary N) is 1. The second kappa shape index (κ2) is 3.54. The third-order valence-electron chi connectivity index (χ3n) is 1.48. The van der Waals surface area contributed by atoms with Gasteiger partial charge in [-0.3, -0.25) is 10.4 Å². The van der Waals surface area contributed by atoms with E-state index in [1.807, 2.05) is 6.92 Å². The molecule has 0 unspecified atom stereocenters. The van der Waals surface area contributed by atoms with Crippen LogP contribution in [0.5, 0.6) is 0 Å². The Morgan fingerprint density at radius 2 is 2.42 bits per heavy atom. The number of pyridine rings is 1. The molecule has 0 aliphatic rings. The minimum Gasteiger partial charge on any atom is -0.387 e. The van der Waals surface area contributed by atoms with E-state index in [-0.39, 0.29) is 5.84 Å². The normalized spacial score (nSPS) is 9.83. The fourth-order valence-corrected chi connectivity index (χ4v) is 1.05. The van der Waals surface area contributed by atoms with Gasteiger partial charge in [-0.05, 0) is 18.6 Å². The average Bonchev–Trinajstić information content (AvgIpc) is 1.96. The van der Waals surface area contributed by atoms with Crippen molar-refractivity contribution in [2.24, 2.45) is 5.73 Å². The molecule has 0 radical (unpaired) electrons. The van der Waals surface area contributed by atoms with Gasteiger partial charge in [-0.25, -0.2) is 0 Å². The largest absolute Gasteiger partial charge is 0.387 e. The number of aromatic nitrogens is 1. The first kappa shape index (κ1) is 9.00. The molecular weight excluding hydrogens is 174 g/mol. The van der Waals surface area contributed by atoms with Gasteiger partial charge in [-0.15, -0.1) is 0 Å². The SMILES string of the molecule is Cc1ncc(CC(=N)N)cc1Cl. The third kappa shape index (κ3) is 2.20. The van der Waals surface area contributed by atoms with E-state index in [0.717, 1.165) is 11.3 Å². The van der Waals surface area contributed by atoms with Crippen molar-refractivity contribution in [1.82, 2.24) is 4.98 Å². The van der Waals surface area contributed by atoms with Crippen LogP contribution in [0.2, 0.25) is 5.02 Å². The summed E-state index contributed by atoms with van der Waals surface area (Å²) in [4.78, 5) is 4.05. The van der Waals surface area contributed by atoms with Crippen LogP contribution in [0.3, 0.4) is 0 Å². The van der Waals surface area contributed by atoms with Gasteiger partial charge in [0.05, 0.1) is 16.6 Å². The number of nitrogens with zero attached hydrogens (tertiary/aromatic N) is 1. The molecule has 0 atom stereocenters. The van der Waals surface area contributed by atoms with Crippen molar-refractivity contribution in [2.75, 3.05) is 0 Å². The van der Waals surface area contributed by atoms with Crippen molar-refractivity contribution >= 4 is 17.4 Å². The van der Waals surface area contributed by atoms with Crippen LogP contribution in [0.1, 0.15) is 11.3 Å². The Balaban J connectivity index is 2.89. The number of hydrogen-bond donors (Lipinski definition) is 2. The minimum absolute atomic E-state index is 0.122. The van der Waals surface area contributed by atoms with Gasteiger partial charge in [0.2, 0.25) is 0 Å². The Hall–Kier alpha value is -1.09. The summed E-state index contributed by atoms with van der Waals surface area (Å²) in [7, 11) is 0. The summed E-state index contributed by atoms with van der Waals surface area (Å²) in [6.45, 7) is 1.83. The lowest BCUT2D eigenvalue weighted by Gasteiger charge is -2.01. The van der Waals surface area contributed by atoms with Crippen LogP contribution >= 0.6 is 11.6 Å². The quantitative estimate of drug-likeness (QED) is 0.540. The molecule has 0 aliphatic heterocycles. The van der Waals surface area contributed by atoms with Crippen molar-refractivity contribution in [3.8, 4) is 0 Å². The molecule has 3 N–H and O–H groups in total. The van der Waals surface area contributed by atoms with Crippen LogP contribution in [0, 0.1) is 12.3 Å². The molecule has 0 bridgehead atoms. The summed E-state index contributed by atoms with van der Waals surface area (Å²) in [5.74, 6) is 0.122. The van der Waals surface area contributed by atoms with E-state index >= 15 is 0 Å². The zero-order valence-corrected chi connectivity index (χ0v) is 7.52. The Labute approximate surface area is 76.1 Å². The predicted octanol–water partition coefficient (Wildman–Crippen LogP) is 1.52. The number of halogens is 1. The van der Waals surface area contributed by atoms with Gasteiger partial charge in [-0.2, -0.15) is 0 Å². The average molecular weight is 184 g/mol. The molecule has 1 aromatic rings. The van der Waals surface area contributed by atoms with Gasteiger partial charge < -0.3 is 5.73 Å². The fraction of sp³-hybridized carbons (Fsp3) is 0.250. The van der Waals surface area contributed by atoms with Gasteiger partial charge in [0.1, 0.15) is 0 Å². The lowest BCUT2D eigenvalue weighted by atomic mass is 10.2. The lowest BCUT2D eigenvalue weighted by molar-refractivity contribution is 1.13. The molecule has 3 nitrogen and oxygen atoms in total. The van der Waals surface area contributed by atoms with Crippen molar-refractivity contribution < 1.29 is 0 Å². The van der Waals surface area contributed by atoms with E-state index in [1.54, 1.807) is 12.3 Å². The first-order chi connectivity index (χ1) is 5.59. The molecule has 1 heterocycles. The van der Waals surface area contributed by atoms with Crippen molar-refractivity contribution in [1.29, 1.82) is 5.41 Å². The highest BCUT2D eigenvalue weighted by molar-refractivity contribution is 6.31. The van der Waals surface area contributed by atoms with Gasteiger partial charge in [0, 0.05) is 12.6 Å². The highest BCUT2D eigenvalue weighted by atomic mass is 35.5. The molecule has 0 amide bonds. The molecule has 0 saturated heterocycles. The summed E-state index contributed by atoms with van der Waals surface area (Å²) < 4.78 is 0. The number of aryl methyl sites for hydroxylation is 1. The summed E-state index contributed by atoms with van der Waals surface area (Å²) in [6, 6.07) is 1.78. The molecule has 0 saturated carbocycles. The summed E-state index contributed by atoms with van der Waals surface area (Å²) in [5.41, 5.74) is 6.89. The molecule has 4 heteroatoms. The monoisotopic (exact) mass is 183 g/mol. The molecule has 64 valence electrons. The van der Waals surface area contributed by atoms with Crippen LogP contribution < -0.4 is 5.73 Å². The second-order valence-corrected chi connectivity index (χ2v) is 3.02. The first-order valence-corrected chi connectivity index (χ1v) is 3.91. The van der Waals surface area contributed by atoms with E-state index in [4.69, 9.17) is 22.7 Å². The van der Waals surface area contributed by atoms with Crippen LogP contribution in [0.4, 0.5) is 0 Å². The van der Waals surface area contributed by atoms with E-state index in [1.165, 1.54) is 0 Å². The molecule has 0 aliphatic carbocycles. The van der Waals surface area contributed by atoms with E-state index < -0.39 is 0 Å². The van der Waals surface area contributed by atoms with Crippen LogP contribution in [-0.4, -0.2) is 10.8 Å². The molecule has 0 fully saturated rings. The summed E-state index contributed by atoms with van der Waals surface area (Å²) in [6.07, 6.45) is 2.09. The number of amidine groups is 1. The highest BCUT2D eigenvalue weighted by Crippen LogP contribution is 2.13. The maximum atomic E-state index is 7.06. The van der Waals surface area contributed by atoms with Crippen molar-refractivity contribution in [3.63, 3.8) is 0 Å². The maximum Gasteiger partial charge on any atom is 0.0950 e. The van der Waals surface area contributed by atoms with Gasteiger partial charge >= 0.3 is 0 Å². The lowest BCUT2D eigenvalue weighted by Crippen LogP contribution is -2.12. The van der Waals surface area contributed by atoms with Crippen LogP contribution in [0.25, 0.3) is 0 Å².